The molecule has 7 nitrogen and oxygen atoms in total. The number of carbonyl (C=O) groups excluding carboxylic acids is 4. The number of carbonyl (C=O) groups is 4. The topological polar surface area (TPSA) is 95.6 Å². The zero-order chi connectivity index (χ0) is 21.4. The molecule has 1 fully saturated rings. The summed E-state index contributed by atoms with van der Waals surface area (Å²) >= 11 is 0. The number of hydrogen-bond donors (Lipinski definition) is 2. The summed E-state index contributed by atoms with van der Waals surface area (Å²) in [4.78, 5) is 50.0. The average molecular weight is 402 g/mol. The molecule has 0 spiro atoms. The molecular weight excluding hydrogens is 370 g/mol. The van der Waals surface area contributed by atoms with Crippen LogP contribution in [0.1, 0.15) is 59.3 Å². The molecule has 7 heteroatoms. The maximum absolute atomic E-state index is 12.8. The smallest absolute Gasteiger partial charge is 0.308 e. The number of nitrogens with zero attached hydrogens (tertiary/aromatic N) is 1. The quantitative estimate of drug-likeness (QED) is 0.542. The minimum absolute atomic E-state index is 0.104. The fourth-order valence-electron chi connectivity index (χ4n) is 3.57. The molecule has 29 heavy (non-hydrogen) atoms. The van der Waals surface area contributed by atoms with Gasteiger partial charge in [-0.05, 0) is 37.3 Å². The highest BCUT2D eigenvalue weighted by atomic mass is 16.2. The van der Waals surface area contributed by atoms with Gasteiger partial charge < -0.3 is 5.32 Å². The third-order valence-electron chi connectivity index (χ3n) is 5.08. The van der Waals surface area contributed by atoms with Gasteiger partial charge in [0.05, 0.1) is 11.7 Å². The number of anilines is 1. The molecule has 0 heterocycles. The van der Waals surface area contributed by atoms with Crippen molar-refractivity contribution in [1.29, 1.82) is 0 Å². The lowest BCUT2D eigenvalue weighted by molar-refractivity contribution is -0.141. The van der Waals surface area contributed by atoms with Crippen molar-refractivity contribution in [3.8, 4) is 0 Å². The number of Topliss-reactive ketones (excluding diaryl/α,β-unsaturated/α-hetero) is 1. The van der Waals surface area contributed by atoms with Gasteiger partial charge in [-0.25, -0.2) is 5.01 Å². The van der Waals surface area contributed by atoms with E-state index < -0.39 is 23.6 Å². The van der Waals surface area contributed by atoms with Crippen molar-refractivity contribution in [2.75, 3.05) is 5.01 Å². The van der Waals surface area contributed by atoms with Gasteiger partial charge >= 0.3 is 5.91 Å². The molecule has 0 aromatic heterocycles. The Morgan fingerprint density at radius 1 is 1.03 bits per heavy atom. The molecule has 3 amide bonds. The number of hydrogen-bond acceptors (Lipinski definition) is 4. The summed E-state index contributed by atoms with van der Waals surface area (Å²) in [5, 5.41) is 3.83. The Bertz CT molecular complexity index is 727. The lowest BCUT2D eigenvalue weighted by Gasteiger charge is -2.26. The second-order valence-corrected chi connectivity index (χ2v) is 8.02. The van der Waals surface area contributed by atoms with Crippen molar-refractivity contribution in [3.05, 3.63) is 30.3 Å². The molecule has 0 radical (unpaired) electrons. The summed E-state index contributed by atoms with van der Waals surface area (Å²) in [6, 6.07) is 7.64. The van der Waals surface area contributed by atoms with Crippen molar-refractivity contribution in [3.63, 3.8) is 0 Å². The molecule has 1 aliphatic carbocycles. The largest absolute Gasteiger partial charge is 0.345 e. The molecule has 2 rings (SSSR count). The van der Waals surface area contributed by atoms with E-state index >= 15 is 0 Å². The summed E-state index contributed by atoms with van der Waals surface area (Å²) in [5.41, 5.74) is 2.83. The van der Waals surface area contributed by atoms with Gasteiger partial charge in [-0.1, -0.05) is 51.3 Å². The third kappa shape index (κ3) is 6.69. The number of hydrazine groups is 1. The first kappa shape index (κ1) is 22.6. The number of ketones is 1. The van der Waals surface area contributed by atoms with Crippen LogP contribution in [0.3, 0.4) is 0 Å². The molecule has 0 saturated heterocycles. The monoisotopic (exact) mass is 401 g/mol. The Kier molecular flexibility index (Phi) is 8.36. The highest BCUT2D eigenvalue weighted by Crippen LogP contribution is 2.24. The first-order valence-corrected chi connectivity index (χ1v) is 10.3. The lowest BCUT2D eigenvalue weighted by Crippen LogP contribution is -2.54. The maximum Gasteiger partial charge on any atom is 0.308 e. The zero-order valence-corrected chi connectivity index (χ0v) is 17.4. The van der Waals surface area contributed by atoms with Gasteiger partial charge in [0.15, 0.2) is 0 Å². The minimum atomic E-state index is -0.918. The molecular formula is C22H31N3O4. The van der Waals surface area contributed by atoms with Gasteiger partial charge in [-0.15, -0.1) is 0 Å². The number of amides is 3. The average Bonchev–Trinajstić information content (AvgIpc) is 2.71. The van der Waals surface area contributed by atoms with Crippen LogP contribution in [0.25, 0.3) is 0 Å². The van der Waals surface area contributed by atoms with E-state index in [9.17, 15) is 19.2 Å². The third-order valence-corrected chi connectivity index (χ3v) is 5.08. The lowest BCUT2D eigenvalue weighted by atomic mass is 9.88. The second-order valence-electron chi connectivity index (χ2n) is 8.02. The maximum atomic E-state index is 12.8. The van der Waals surface area contributed by atoms with Crippen LogP contribution in [0.2, 0.25) is 0 Å². The summed E-state index contributed by atoms with van der Waals surface area (Å²) in [6.07, 6.45) is 5.12. The van der Waals surface area contributed by atoms with Crippen molar-refractivity contribution in [1.82, 2.24) is 10.7 Å². The molecule has 0 aliphatic heterocycles. The van der Waals surface area contributed by atoms with Crippen molar-refractivity contribution in [2.45, 2.75) is 65.3 Å². The predicted octanol–water partition coefficient (Wildman–Crippen LogP) is 2.75. The number of rotatable bonds is 7. The fourth-order valence-corrected chi connectivity index (χ4v) is 3.57. The van der Waals surface area contributed by atoms with Crippen LogP contribution < -0.4 is 15.8 Å². The summed E-state index contributed by atoms with van der Waals surface area (Å²) in [5.74, 6) is -2.25. The molecule has 1 aromatic carbocycles. The van der Waals surface area contributed by atoms with Crippen LogP contribution in [-0.4, -0.2) is 29.5 Å². The number of nitrogens with one attached hydrogen (secondary N) is 2. The van der Waals surface area contributed by atoms with E-state index in [-0.39, 0.29) is 17.7 Å². The van der Waals surface area contributed by atoms with Crippen molar-refractivity contribution in [2.24, 2.45) is 11.8 Å². The molecule has 1 saturated carbocycles. The molecule has 1 aromatic rings. The molecule has 0 unspecified atom stereocenters. The van der Waals surface area contributed by atoms with E-state index in [1.54, 1.807) is 30.3 Å². The zero-order valence-electron chi connectivity index (χ0n) is 17.4. The Balaban J connectivity index is 2.09. The van der Waals surface area contributed by atoms with E-state index in [1.165, 1.54) is 6.92 Å². The summed E-state index contributed by atoms with van der Waals surface area (Å²) in [7, 11) is 0. The van der Waals surface area contributed by atoms with Gasteiger partial charge in [0.1, 0.15) is 0 Å². The standard InChI is InChI=1S/C22H31N3O4/c1-15(2)14-19(23-21(28)17-10-6-4-7-11-17)20(27)22(29)24-25(16(3)26)18-12-8-5-9-13-18/h5,8-9,12-13,15,17,19H,4,6-7,10-11,14H2,1-3H3,(H,23,28)(H,24,29)/t19-/m0/s1. The van der Waals surface area contributed by atoms with Crippen LogP contribution in [0.4, 0.5) is 5.69 Å². The van der Waals surface area contributed by atoms with Gasteiger partial charge in [-0.2, -0.15) is 0 Å². The Labute approximate surface area is 172 Å². The van der Waals surface area contributed by atoms with Crippen molar-refractivity contribution >= 4 is 29.2 Å². The van der Waals surface area contributed by atoms with Crippen LogP contribution in [-0.2, 0) is 19.2 Å². The fraction of sp³-hybridized carbons (Fsp3) is 0.545. The van der Waals surface area contributed by atoms with E-state index in [1.807, 2.05) is 13.8 Å². The van der Waals surface area contributed by atoms with Crippen LogP contribution in [0, 0.1) is 11.8 Å². The summed E-state index contributed by atoms with van der Waals surface area (Å²) < 4.78 is 0. The minimum Gasteiger partial charge on any atom is -0.345 e. The normalized spacial score (nSPS) is 15.4. The molecule has 2 N–H and O–H groups in total. The van der Waals surface area contributed by atoms with Gasteiger partial charge in [0.25, 0.3) is 0 Å². The molecule has 1 aliphatic rings. The SMILES string of the molecule is CC(=O)N(NC(=O)C(=O)[C@H](CC(C)C)NC(=O)C1CCCCC1)c1ccccc1. The van der Waals surface area contributed by atoms with Gasteiger partial charge in [0, 0.05) is 12.8 Å². The first-order valence-electron chi connectivity index (χ1n) is 10.3. The highest BCUT2D eigenvalue weighted by Gasteiger charge is 2.31. The predicted molar refractivity (Wildman–Crippen MR) is 111 cm³/mol. The van der Waals surface area contributed by atoms with E-state index in [4.69, 9.17) is 0 Å². The number of benzene rings is 1. The summed E-state index contributed by atoms with van der Waals surface area (Å²) in [6.45, 7) is 5.15. The van der Waals surface area contributed by atoms with Crippen molar-refractivity contribution < 1.29 is 19.2 Å². The molecule has 158 valence electrons. The van der Waals surface area contributed by atoms with E-state index in [0.29, 0.717) is 12.1 Å². The Morgan fingerprint density at radius 3 is 2.21 bits per heavy atom. The Morgan fingerprint density at radius 2 is 1.66 bits per heavy atom. The van der Waals surface area contributed by atoms with Crippen LogP contribution in [0.15, 0.2) is 30.3 Å². The van der Waals surface area contributed by atoms with Crippen LogP contribution >= 0.6 is 0 Å². The molecule has 0 bridgehead atoms. The van der Waals surface area contributed by atoms with Crippen LogP contribution in [0.5, 0.6) is 0 Å². The van der Waals surface area contributed by atoms with Gasteiger partial charge in [0.2, 0.25) is 17.6 Å². The molecule has 1 atom stereocenters. The van der Waals surface area contributed by atoms with E-state index in [0.717, 1.165) is 37.1 Å². The van der Waals surface area contributed by atoms with Gasteiger partial charge in [-0.3, -0.25) is 24.6 Å². The first-order chi connectivity index (χ1) is 13.8. The highest BCUT2D eigenvalue weighted by molar-refractivity contribution is 6.39. The van der Waals surface area contributed by atoms with E-state index in [2.05, 4.69) is 10.7 Å². The Hall–Kier alpha value is -2.70. The number of para-hydroxylation sites is 1. The second kappa shape index (κ2) is 10.7.